The predicted molar refractivity (Wildman–Crippen MR) is 103 cm³/mol. The van der Waals surface area contributed by atoms with Crippen LogP contribution in [0.2, 0.25) is 5.02 Å². The Morgan fingerprint density at radius 3 is 2.86 bits per heavy atom. The molecule has 0 bridgehead atoms. The zero-order valence-corrected chi connectivity index (χ0v) is 16.2. The summed E-state index contributed by atoms with van der Waals surface area (Å²) in [5.74, 6) is 0.260. The van der Waals surface area contributed by atoms with Crippen LogP contribution < -0.4 is 5.32 Å². The van der Waals surface area contributed by atoms with Crippen LogP contribution in [0.1, 0.15) is 24.1 Å². The third-order valence-electron chi connectivity index (χ3n) is 5.88. The van der Waals surface area contributed by atoms with Crippen LogP contribution in [0.5, 0.6) is 0 Å². The van der Waals surface area contributed by atoms with Crippen molar-refractivity contribution in [1.82, 2.24) is 20.2 Å². The Morgan fingerprint density at radius 1 is 1.36 bits per heavy atom. The van der Waals surface area contributed by atoms with E-state index >= 15 is 0 Å². The van der Waals surface area contributed by atoms with E-state index in [2.05, 4.69) is 20.2 Å². The van der Waals surface area contributed by atoms with E-state index in [1.807, 2.05) is 6.20 Å². The van der Waals surface area contributed by atoms with Crippen molar-refractivity contribution in [2.45, 2.75) is 38.0 Å². The predicted octanol–water partition coefficient (Wildman–Crippen LogP) is 2.13. The molecule has 2 aromatic rings. The smallest absolute Gasteiger partial charge is 0.224 e. The summed E-state index contributed by atoms with van der Waals surface area (Å²) in [6, 6.07) is 3.76. The SMILES string of the molecule is O=C(Cc1ccc(F)cc1Cl)N[C@H]1C[C@H]2CN(Cc3cnc[nH]3)C[C@H]2C[C@@H]1O. The zero-order valence-electron chi connectivity index (χ0n) is 15.4. The number of likely N-dealkylation sites (tertiary alicyclic amines) is 1. The van der Waals surface area contributed by atoms with Gasteiger partial charge in [-0.25, -0.2) is 9.37 Å². The van der Waals surface area contributed by atoms with Crippen LogP contribution in [0.4, 0.5) is 4.39 Å². The first-order valence-electron chi connectivity index (χ1n) is 9.59. The van der Waals surface area contributed by atoms with Crippen LogP contribution in [0.3, 0.4) is 0 Å². The van der Waals surface area contributed by atoms with E-state index in [9.17, 15) is 14.3 Å². The number of hydrogen-bond donors (Lipinski definition) is 3. The topological polar surface area (TPSA) is 81.2 Å². The Labute approximate surface area is 168 Å². The molecule has 2 heterocycles. The Kier molecular flexibility index (Phi) is 5.66. The van der Waals surface area contributed by atoms with Crippen LogP contribution in [-0.4, -0.2) is 51.1 Å². The minimum atomic E-state index is -0.555. The number of nitrogens with one attached hydrogen (secondary N) is 2. The molecule has 1 aromatic carbocycles. The molecule has 2 aliphatic rings. The highest BCUT2D eigenvalue weighted by molar-refractivity contribution is 6.31. The summed E-state index contributed by atoms with van der Waals surface area (Å²) in [7, 11) is 0. The summed E-state index contributed by atoms with van der Waals surface area (Å²) >= 11 is 6.01. The Hall–Kier alpha value is -1.96. The summed E-state index contributed by atoms with van der Waals surface area (Å²) in [4.78, 5) is 22.0. The molecule has 1 saturated carbocycles. The molecule has 1 aliphatic carbocycles. The van der Waals surface area contributed by atoms with Gasteiger partial charge >= 0.3 is 0 Å². The maximum absolute atomic E-state index is 13.2. The minimum absolute atomic E-state index is 0.0718. The first kappa shape index (κ1) is 19.4. The Balaban J connectivity index is 1.32. The lowest BCUT2D eigenvalue weighted by atomic mass is 9.77. The van der Waals surface area contributed by atoms with Crippen LogP contribution in [-0.2, 0) is 17.8 Å². The number of benzene rings is 1. The maximum atomic E-state index is 13.2. The number of halogens is 2. The van der Waals surface area contributed by atoms with Crippen LogP contribution in [0, 0.1) is 17.7 Å². The number of H-pyrrole nitrogens is 1. The van der Waals surface area contributed by atoms with Crippen molar-refractivity contribution in [1.29, 1.82) is 0 Å². The van der Waals surface area contributed by atoms with E-state index < -0.39 is 11.9 Å². The van der Waals surface area contributed by atoms with Crippen molar-refractivity contribution >= 4 is 17.5 Å². The molecule has 0 unspecified atom stereocenters. The fourth-order valence-electron chi connectivity index (χ4n) is 4.52. The van der Waals surface area contributed by atoms with Gasteiger partial charge in [0.2, 0.25) is 5.91 Å². The van der Waals surface area contributed by atoms with E-state index in [-0.39, 0.29) is 23.4 Å². The number of nitrogens with zero attached hydrogens (tertiary/aromatic N) is 2. The molecular formula is C20H24ClFN4O2. The van der Waals surface area contributed by atoms with Gasteiger partial charge in [-0.1, -0.05) is 17.7 Å². The molecule has 1 aromatic heterocycles. The molecule has 28 heavy (non-hydrogen) atoms. The molecule has 1 saturated heterocycles. The number of aromatic amines is 1. The maximum Gasteiger partial charge on any atom is 0.224 e. The highest BCUT2D eigenvalue weighted by atomic mass is 35.5. The van der Waals surface area contributed by atoms with E-state index in [0.717, 1.165) is 31.7 Å². The number of hydrogen-bond acceptors (Lipinski definition) is 4. The van der Waals surface area contributed by atoms with Crippen molar-refractivity contribution in [3.05, 3.63) is 52.8 Å². The highest BCUT2D eigenvalue weighted by Crippen LogP contribution is 2.37. The second kappa shape index (κ2) is 8.19. The van der Waals surface area contributed by atoms with Gasteiger partial charge in [0.05, 0.1) is 24.9 Å². The largest absolute Gasteiger partial charge is 0.391 e. The fourth-order valence-corrected chi connectivity index (χ4v) is 4.75. The molecule has 0 radical (unpaired) electrons. The molecule has 2 fully saturated rings. The number of imidazole rings is 1. The number of carbonyl (C=O) groups excluding carboxylic acids is 1. The lowest BCUT2D eigenvalue weighted by Gasteiger charge is -2.35. The quantitative estimate of drug-likeness (QED) is 0.710. The van der Waals surface area contributed by atoms with Gasteiger partial charge in [-0.2, -0.15) is 0 Å². The Bertz CT molecular complexity index is 832. The normalized spacial score (nSPS) is 27.5. The molecular weight excluding hydrogens is 383 g/mol. The summed E-state index contributed by atoms with van der Waals surface area (Å²) in [6.07, 6.45) is 4.48. The van der Waals surface area contributed by atoms with Gasteiger partial charge in [0.25, 0.3) is 0 Å². The van der Waals surface area contributed by atoms with E-state index in [1.165, 1.54) is 18.2 Å². The molecule has 4 rings (SSSR count). The number of aliphatic hydroxyl groups is 1. The molecule has 6 nitrogen and oxygen atoms in total. The average molecular weight is 407 g/mol. The molecule has 1 aliphatic heterocycles. The van der Waals surface area contributed by atoms with E-state index in [4.69, 9.17) is 11.6 Å². The Morgan fingerprint density at radius 2 is 2.14 bits per heavy atom. The van der Waals surface area contributed by atoms with E-state index in [1.54, 1.807) is 6.33 Å². The van der Waals surface area contributed by atoms with Gasteiger partial charge in [0.15, 0.2) is 0 Å². The summed E-state index contributed by atoms with van der Waals surface area (Å²) in [5.41, 5.74) is 1.66. The number of rotatable bonds is 5. The summed E-state index contributed by atoms with van der Waals surface area (Å²) in [6.45, 7) is 2.72. The molecule has 0 spiro atoms. The first-order chi connectivity index (χ1) is 13.5. The molecule has 1 amide bonds. The standard InChI is InChI=1S/C20H24ClFN4O2/c21-17-6-15(22)2-1-12(17)5-20(28)25-18-3-13-8-26(9-14(13)4-19(18)27)10-16-7-23-11-24-16/h1-2,6-7,11,13-14,18-19,27H,3-5,8-10H2,(H,23,24)(H,25,28)/t13-,14+,18-,19-/m0/s1. The number of aliphatic hydroxyl groups excluding tert-OH is 1. The lowest BCUT2D eigenvalue weighted by Crippen LogP contribution is -2.49. The van der Waals surface area contributed by atoms with Gasteiger partial charge in [-0.3, -0.25) is 9.69 Å². The molecule has 4 atom stereocenters. The van der Waals surface area contributed by atoms with Crippen molar-refractivity contribution in [2.24, 2.45) is 11.8 Å². The first-order valence-corrected chi connectivity index (χ1v) is 9.96. The number of amides is 1. The average Bonchev–Trinajstić information content (AvgIpc) is 3.27. The van der Waals surface area contributed by atoms with Crippen molar-refractivity contribution < 1.29 is 14.3 Å². The third-order valence-corrected chi connectivity index (χ3v) is 6.23. The van der Waals surface area contributed by atoms with Crippen LogP contribution in [0.15, 0.2) is 30.7 Å². The second-order valence-corrected chi connectivity index (χ2v) is 8.32. The highest BCUT2D eigenvalue weighted by Gasteiger charge is 2.42. The summed E-state index contributed by atoms with van der Waals surface area (Å²) in [5, 5.41) is 13.7. The van der Waals surface area contributed by atoms with Gasteiger partial charge in [0.1, 0.15) is 5.82 Å². The van der Waals surface area contributed by atoms with Crippen LogP contribution >= 0.6 is 11.6 Å². The third kappa shape index (κ3) is 4.37. The van der Waals surface area contributed by atoms with Gasteiger partial charge in [0, 0.05) is 36.5 Å². The number of carbonyl (C=O) groups is 1. The molecule has 150 valence electrons. The number of fused-ring (bicyclic) bond motifs is 1. The van der Waals surface area contributed by atoms with Crippen molar-refractivity contribution in [2.75, 3.05) is 13.1 Å². The van der Waals surface area contributed by atoms with E-state index in [0.29, 0.717) is 23.8 Å². The minimum Gasteiger partial charge on any atom is -0.391 e. The van der Waals surface area contributed by atoms with Crippen molar-refractivity contribution in [3.8, 4) is 0 Å². The van der Waals surface area contributed by atoms with Crippen LogP contribution in [0.25, 0.3) is 0 Å². The number of aromatic nitrogens is 2. The monoisotopic (exact) mass is 406 g/mol. The summed E-state index contributed by atoms with van der Waals surface area (Å²) < 4.78 is 13.2. The van der Waals surface area contributed by atoms with Gasteiger partial charge in [-0.05, 0) is 42.4 Å². The lowest BCUT2D eigenvalue weighted by molar-refractivity contribution is -0.122. The van der Waals surface area contributed by atoms with Crippen molar-refractivity contribution in [3.63, 3.8) is 0 Å². The zero-order chi connectivity index (χ0) is 19.7. The molecule has 3 N–H and O–H groups in total. The molecule has 8 heteroatoms. The second-order valence-electron chi connectivity index (χ2n) is 7.92. The van der Waals surface area contributed by atoms with Gasteiger partial charge in [-0.15, -0.1) is 0 Å². The fraction of sp³-hybridized carbons (Fsp3) is 0.500. The van der Waals surface area contributed by atoms with Gasteiger partial charge < -0.3 is 15.4 Å².